The van der Waals surface area contributed by atoms with Gasteiger partial charge < -0.3 is 5.32 Å². The minimum atomic E-state index is 0.218. The van der Waals surface area contributed by atoms with Crippen molar-refractivity contribution >= 4 is 0 Å². The zero-order chi connectivity index (χ0) is 9.69. The molecule has 1 heterocycles. The molecule has 1 N–H and O–H groups in total. The summed E-state index contributed by atoms with van der Waals surface area (Å²) in [6.07, 6.45) is 7.86. The van der Waals surface area contributed by atoms with E-state index in [0.29, 0.717) is 11.3 Å². The zero-order valence-electron chi connectivity index (χ0n) is 9.02. The van der Waals surface area contributed by atoms with Crippen LogP contribution in [0.25, 0.3) is 0 Å². The second kappa shape index (κ2) is 2.40. The van der Waals surface area contributed by atoms with E-state index in [9.17, 15) is 0 Å². The normalized spacial score (nSPS) is 33.5. The summed E-state index contributed by atoms with van der Waals surface area (Å²) in [5.41, 5.74) is 2.00. The molecule has 0 radical (unpaired) electrons. The average Bonchev–Trinajstić information content (AvgIpc) is 2.20. The van der Waals surface area contributed by atoms with Crippen molar-refractivity contribution in [3.8, 4) is 0 Å². The average molecular weight is 177 g/mol. The van der Waals surface area contributed by atoms with Crippen LogP contribution in [-0.4, -0.2) is 5.54 Å². The summed E-state index contributed by atoms with van der Waals surface area (Å²) in [4.78, 5) is 0. The van der Waals surface area contributed by atoms with Crippen molar-refractivity contribution in [1.82, 2.24) is 5.32 Å². The lowest BCUT2D eigenvalue weighted by molar-refractivity contribution is 0.170. The van der Waals surface area contributed by atoms with E-state index in [1.54, 1.807) is 0 Å². The van der Waals surface area contributed by atoms with E-state index in [-0.39, 0.29) is 5.54 Å². The van der Waals surface area contributed by atoms with Crippen LogP contribution >= 0.6 is 0 Å². The van der Waals surface area contributed by atoms with Crippen molar-refractivity contribution in [3.63, 3.8) is 0 Å². The molecule has 1 unspecified atom stereocenters. The van der Waals surface area contributed by atoms with Crippen LogP contribution < -0.4 is 5.32 Å². The van der Waals surface area contributed by atoms with Crippen molar-refractivity contribution in [3.05, 3.63) is 23.9 Å². The van der Waals surface area contributed by atoms with Gasteiger partial charge in [0.1, 0.15) is 0 Å². The van der Waals surface area contributed by atoms with Crippen LogP contribution in [0, 0.1) is 11.3 Å². The highest BCUT2D eigenvalue weighted by Gasteiger charge is 2.50. The molecule has 0 aromatic rings. The Balaban J connectivity index is 2.40. The molecule has 2 aliphatic rings. The van der Waals surface area contributed by atoms with Gasteiger partial charge in [0.15, 0.2) is 0 Å². The molecule has 0 amide bonds. The third kappa shape index (κ3) is 1.06. The van der Waals surface area contributed by atoms with Crippen molar-refractivity contribution in [2.75, 3.05) is 0 Å². The Morgan fingerprint density at radius 3 is 2.62 bits per heavy atom. The van der Waals surface area contributed by atoms with Crippen LogP contribution in [-0.2, 0) is 0 Å². The summed E-state index contributed by atoms with van der Waals surface area (Å²) >= 11 is 0. The molecule has 1 nitrogen and oxygen atoms in total. The predicted molar refractivity (Wildman–Crippen MR) is 56.3 cm³/mol. The first kappa shape index (κ1) is 8.86. The van der Waals surface area contributed by atoms with E-state index in [1.807, 2.05) is 0 Å². The number of hydrogen-bond donors (Lipinski definition) is 1. The van der Waals surface area contributed by atoms with Gasteiger partial charge in [-0.3, -0.25) is 0 Å². The Labute approximate surface area is 80.9 Å². The molecule has 1 aliphatic carbocycles. The Hall–Kier alpha value is -0.720. The van der Waals surface area contributed by atoms with Crippen molar-refractivity contribution in [2.24, 2.45) is 11.3 Å². The van der Waals surface area contributed by atoms with E-state index >= 15 is 0 Å². The third-order valence-electron chi connectivity index (χ3n) is 4.10. The lowest BCUT2D eigenvalue weighted by Gasteiger charge is -2.37. The number of allylic oxidation sites excluding steroid dienone is 4. The Kier molecular flexibility index (Phi) is 1.64. The monoisotopic (exact) mass is 177 g/mol. The molecule has 0 saturated carbocycles. The van der Waals surface area contributed by atoms with Gasteiger partial charge in [-0.2, -0.15) is 0 Å². The Morgan fingerprint density at radius 1 is 1.31 bits per heavy atom. The molecule has 72 valence electrons. The van der Waals surface area contributed by atoms with Crippen LogP contribution in [0.5, 0.6) is 0 Å². The summed E-state index contributed by atoms with van der Waals surface area (Å²) in [5.74, 6) is 0.687. The van der Waals surface area contributed by atoms with E-state index < -0.39 is 0 Å². The Bertz CT molecular complexity index is 281. The van der Waals surface area contributed by atoms with E-state index in [0.717, 1.165) is 0 Å². The van der Waals surface area contributed by atoms with Crippen LogP contribution in [0.3, 0.4) is 0 Å². The van der Waals surface area contributed by atoms with Crippen molar-refractivity contribution in [2.45, 2.75) is 39.7 Å². The van der Waals surface area contributed by atoms with Gasteiger partial charge >= 0.3 is 0 Å². The standard InChI is InChI=1S/C12H19N/c1-11(2)9-7-5-6-8-10(9)13-12(11,3)4/h5-6,8-9,13H,7H2,1-4H3. The summed E-state index contributed by atoms with van der Waals surface area (Å²) in [7, 11) is 0. The molecule has 1 heteroatoms. The number of fused-ring (bicyclic) bond motifs is 1. The third-order valence-corrected chi connectivity index (χ3v) is 4.10. The maximum absolute atomic E-state index is 3.63. The van der Waals surface area contributed by atoms with Gasteiger partial charge in [0, 0.05) is 17.2 Å². The van der Waals surface area contributed by atoms with Crippen molar-refractivity contribution < 1.29 is 0 Å². The van der Waals surface area contributed by atoms with Gasteiger partial charge in [0.2, 0.25) is 0 Å². The van der Waals surface area contributed by atoms with E-state index in [2.05, 4.69) is 51.2 Å². The lowest BCUT2D eigenvalue weighted by Crippen LogP contribution is -2.44. The summed E-state index contributed by atoms with van der Waals surface area (Å²) in [5, 5.41) is 3.63. The zero-order valence-corrected chi connectivity index (χ0v) is 9.02. The lowest BCUT2D eigenvalue weighted by atomic mass is 9.68. The number of rotatable bonds is 0. The second-order valence-electron chi connectivity index (χ2n) is 5.31. The molecular formula is C12H19N. The molecule has 1 aliphatic heterocycles. The fourth-order valence-corrected chi connectivity index (χ4v) is 2.40. The fraction of sp³-hybridized carbons (Fsp3) is 0.667. The first-order valence-electron chi connectivity index (χ1n) is 5.10. The fourth-order valence-electron chi connectivity index (χ4n) is 2.40. The smallest absolute Gasteiger partial charge is 0.0372 e. The minimum absolute atomic E-state index is 0.218. The molecule has 1 fully saturated rings. The first-order chi connectivity index (χ1) is 5.95. The van der Waals surface area contributed by atoms with Gasteiger partial charge in [-0.15, -0.1) is 0 Å². The first-order valence-corrected chi connectivity index (χ1v) is 5.10. The van der Waals surface area contributed by atoms with Crippen molar-refractivity contribution in [1.29, 1.82) is 0 Å². The summed E-state index contributed by atoms with van der Waals surface area (Å²) in [6.45, 7) is 9.33. The highest BCUT2D eigenvalue weighted by Crippen LogP contribution is 2.50. The predicted octanol–water partition coefficient (Wildman–Crippen LogP) is 2.85. The van der Waals surface area contributed by atoms with Crippen LogP contribution in [0.2, 0.25) is 0 Å². The number of nitrogens with one attached hydrogen (secondary N) is 1. The largest absolute Gasteiger partial charge is 0.383 e. The van der Waals surface area contributed by atoms with Crippen LogP contribution in [0.1, 0.15) is 34.1 Å². The highest BCUT2D eigenvalue weighted by atomic mass is 15.1. The molecule has 2 rings (SSSR count). The van der Waals surface area contributed by atoms with Gasteiger partial charge in [-0.05, 0) is 31.8 Å². The molecule has 0 aromatic carbocycles. The quantitative estimate of drug-likeness (QED) is 0.600. The molecule has 0 bridgehead atoms. The molecule has 1 saturated heterocycles. The van der Waals surface area contributed by atoms with Crippen LogP contribution in [0.15, 0.2) is 23.9 Å². The van der Waals surface area contributed by atoms with Gasteiger partial charge in [0.05, 0.1) is 0 Å². The number of hydrogen-bond acceptors (Lipinski definition) is 1. The molecule has 0 spiro atoms. The summed E-state index contributed by atoms with van der Waals surface area (Å²) < 4.78 is 0. The molecule has 0 aromatic heterocycles. The maximum Gasteiger partial charge on any atom is 0.0372 e. The van der Waals surface area contributed by atoms with Gasteiger partial charge in [0.25, 0.3) is 0 Å². The van der Waals surface area contributed by atoms with Gasteiger partial charge in [-0.1, -0.05) is 26.0 Å². The molecule has 13 heavy (non-hydrogen) atoms. The maximum atomic E-state index is 3.63. The summed E-state index contributed by atoms with van der Waals surface area (Å²) in [6, 6.07) is 0. The topological polar surface area (TPSA) is 12.0 Å². The van der Waals surface area contributed by atoms with E-state index in [1.165, 1.54) is 12.1 Å². The second-order valence-corrected chi connectivity index (χ2v) is 5.31. The minimum Gasteiger partial charge on any atom is -0.383 e. The van der Waals surface area contributed by atoms with Gasteiger partial charge in [-0.25, -0.2) is 0 Å². The van der Waals surface area contributed by atoms with E-state index in [4.69, 9.17) is 0 Å². The van der Waals surface area contributed by atoms with Crippen LogP contribution in [0.4, 0.5) is 0 Å². The molecule has 1 atom stereocenters. The highest BCUT2D eigenvalue weighted by molar-refractivity contribution is 5.30. The SMILES string of the molecule is CC1(C)NC2=CC=CCC2C1(C)C. The molecular weight excluding hydrogens is 158 g/mol. The Morgan fingerprint density at radius 2 is 2.00 bits per heavy atom.